The highest BCUT2D eigenvalue weighted by Gasteiger charge is 2.34. The number of ether oxygens (including phenoxy) is 3. The molecule has 0 unspecified atom stereocenters. The number of aromatic hydroxyl groups is 1. The normalized spacial score (nSPS) is 14.7. The number of phenolic OH excluding ortho intramolecular Hbond substituents is 1. The van der Waals surface area contributed by atoms with E-state index in [0.717, 1.165) is 22.4 Å². The quantitative estimate of drug-likeness (QED) is 0.419. The number of anilines is 1. The third kappa shape index (κ3) is 3.94. The maximum atomic E-state index is 12.8. The number of hydrogen-bond acceptors (Lipinski definition) is 9. The Bertz CT molecular complexity index is 1430. The molecule has 2 aromatic carbocycles. The molecule has 0 bridgehead atoms. The van der Waals surface area contributed by atoms with Crippen LogP contribution in [-0.2, 0) is 4.79 Å². The van der Waals surface area contributed by atoms with Crippen molar-refractivity contribution in [1.82, 2.24) is 25.0 Å². The minimum absolute atomic E-state index is 0.105. The van der Waals surface area contributed by atoms with Crippen LogP contribution in [0.5, 0.6) is 23.0 Å². The zero-order valence-corrected chi connectivity index (χ0v) is 20.1. The summed E-state index contributed by atoms with van der Waals surface area (Å²) in [5, 5.41) is 26.2. The fourth-order valence-electron chi connectivity index (χ4n) is 4.38. The van der Waals surface area contributed by atoms with Gasteiger partial charge in [0.2, 0.25) is 11.7 Å². The maximum Gasteiger partial charge on any atom is 0.272 e. The molecule has 0 saturated carbocycles. The Morgan fingerprint density at radius 2 is 1.75 bits per heavy atom. The number of hydrogen-bond donors (Lipinski definition) is 2. The van der Waals surface area contributed by atoms with Gasteiger partial charge in [-0.15, -0.1) is 5.10 Å². The number of carbonyl (C=O) groups excluding carboxylic acids is 1. The molecule has 1 aliphatic heterocycles. The van der Waals surface area contributed by atoms with Gasteiger partial charge < -0.3 is 24.6 Å². The van der Waals surface area contributed by atoms with Gasteiger partial charge in [0, 0.05) is 23.5 Å². The predicted molar refractivity (Wildman–Crippen MR) is 130 cm³/mol. The molecule has 0 fully saturated rings. The van der Waals surface area contributed by atoms with Crippen LogP contribution in [0.15, 0.2) is 42.6 Å². The summed E-state index contributed by atoms with van der Waals surface area (Å²) < 4.78 is 17.4. The Morgan fingerprint density at radius 3 is 2.39 bits per heavy atom. The highest BCUT2D eigenvalue weighted by atomic mass is 16.5. The van der Waals surface area contributed by atoms with Crippen molar-refractivity contribution in [1.29, 1.82) is 0 Å². The first-order chi connectivity index (χ1) is 17.4. The van der Waals surface area contributed by atoms with Gasteiger partial charge in [-0.1, -0.05) is 0 Å². The summed E-state index contributed by atoms with van der Waals surface area (Å²) in [6, 6.07) is 10.8. The zero-order valence-electron chi connectivity index (χ0n) is 20.1. The van der Waals surface area contributed by atoms with Gasteiger partial charge in [-0.25, -0.2) is 4.98 Å². The summed E-state index contributed by atoms with van der Waals surface area (Å²) in [5.74, 6) is 1.26. The average Bonchev–Trinajstić information content (AvgIpc) is 3.24. The molecule has 4 aromatic rings. The number of nitrogens with one attached hydrogen (secondary N) is 1. The van der Waals surface area contributed by atoms with Crippen LogP contribution in [0.2, 0.25) is 0 Å². The highest BCUT2D eigenvalue weighted by Crippen LogP contribution is 2.45. The lowest BCUT2D eigenvalue weighted by Crippen LogP contribution is -2.25. The van der Waals surface area contributed by atoms with Crippen LogP contribution < -0.4 is 19.5 Å². The molecule has 1 atom stereocenters. The molecule has 0 radical (unpaired) electrons. The SMILES string of the molecule is COc1ccc(-c2cnnc(-n3nc(C)c4c3NC(=O)C[C@H]4c3cc(OC)c(O)c(OC)c3)n2)cc1. The number of carbonyl (C=O) groups is 1. The molecule has 1 aliphatic rings. The molecule has 3 heterocycles. The molecular formula is C25H24N6O5. The van der Waals surface area contributed by atoms with E-state index in [0.29, 0.717) is 17.2 Å². The fourth-order valence-corrected chi connectivity index (χ4v) is 4.38. The van der Waals surface area contributed by atoms with Crippen molar-refractivity contribution in [3.8, 4) is 40.2 Å². The standard InChI is InChI=1S/C25H24N6O5/c1-13-22-17(15-9-19(35-3)23(33)20(10-15)36-4)11-21(32)28-24(22)31(30-13)25-27-18(12-26-29-25)14-5-7-16(34-2)8-6-14/h5-10,12,17,33H,11H2,1-4H3,(H,28,32)/t17-/m0/s1. The number of phenols is 1. The Kier molecular flexibility index (Phi) is 5.88. The summed E-state index contributed by atoms with van der Waals surface area (Å²) in [4.78, 5) is 17.4. The monoisotopic (exact) mass is 488 g/mol. The van der Waals surface area contributed by atoms with Gasteiger partial charge in [0.15, 0.2) is 11.5 Å². The van der Waals surface area contributed by atoms with Crippen molar-refractivity contribution in [3.05, 3.63) is 59.4 Å². The van der Waals surface area contributed by atoms with Gasteiger partial charge in [0.25, 0.3) is 5.95 Å². The maximum absolute atomic E-state index is 12.8. The molecule has 0 aliphatic carbocycles. The fraction of sp³-hybridized carbons (Fsp3) is 0.240. The number of nitrogens with zero attached hydrogens (tertiary/aromatic N) is 5. The lowest BCUT2D eigenvalue weighted by atomic mass is 9.85. The van der Waals surface area contributed by atoms with Gasteiger partial charge in [0.05, 0.1) is 38.9 Å². The summed E-state index contributed by atoms with van der Waals surface area (Å²) >= 11 is 0. The average molecular weight is 489 g/mol. The van der Waals surface area contributed by atoms with E-state index >= 15 is 0 Å². The van der Waals surface area contributed by atoms with Crippen LogP contribution in [-0.4, -0.2) is 57.3 Å². The Labute approximate surface area is 206 Å². The van der Waals surface area contributed by atoms with Gasteiger partial charge in [-0.2, -0.15) is 14.9 Å². The minimum Gasteiger partial charge on any atom is -0.502 e. The Hall–Kier alpha value is -4.67. The summed E-state index contributed by atoms with van der Waals surface area (Å²) in [5.41, 5.74) is 3.67. The van der Waals surface area contributed by atoms with E-state index in [9.17, 15) is 9.90 Å². The number of methoxy groups -OCH3 is 3. The molecule has 0 spiro atoms. The summed E-state index contributed by atoms with van der Waals surface area (Å²) in [6.45, 7) is 1.86. The van der Waals surface area contributed by atoms with E-state index in [1.807, 2.05) is 31.2 Å². The highest BCUT2D eigenvalue weighted by molar-refractivity contribution is 5.95. The Balaban J connectivity index is 1.60. The number of aromatic nitrogens is 5. The van der Waals surface area contributed by atoms with Crippen molar-refractivity contribution in [2.24, 2.45) is 0 Å². The topological polar surface area (TPSA) is 134 Å². The van der Waals surface area contributed by atoms with Crippen molar-refractivity contribution >= 4 is 11.7 Å². The minimum atomic E-state index is -0.358. The van der Waals surface area contributed by atoms with Gasteiger partial charge in [-0.3, -0.25) is 4.79 Å². The number of amides is 1. The van der Waals surface area contributed by atoms with E-state index < -0.39 is 0 Å². The molecular weight excluding hydrogens is 464 g/mol. The molecule has 2 N–H and O–H groups in total. The van der Waals surface area contributed by atoms with Crippen LogP contribution >= 0.6 is 0 Å². The first kappa shape index (κ1) is 23.1. The van der Waals surface area contributed by atoms with Crippen LogP contribution in [0.4, 0.5) is 5.82 Å². The second-order valence-corrected chi connectivity index (χ2v) is 8.21. The first-order valence-corrected chi connectivity index (χ1v) is 11.1. The van der Waals surface area contributed by atoms with E-state index in [4.69, 9.17) is 14.2 Å². The second-order valence-electron chi connectivity index (χ2n) is 8.21. The van der Waals surface area contributed by atoms with Crippen molar-refractivity contribution in [2.45, 2.75) is 19.3 Å². The molecule has 0 saturated heterocycles. The van der Waals surface area contributed by atoms with Crippen molar-refractivity contribution in [3.63, 3.8) is 0 Å². The largest absolute Gasteiger partial charge is 0.502 e. The van der Waals surface area contributed by atoms with E-state index in [-0.39, 0.29) is 41.4 Å². The third-order valence-electron chi connectivity index (χ3n) is 6.13. The lowest BCUT2D eigenvalue weighted by molar-refractivity contribution is -0.116. The second kappa shape index (κ2) is 9.17. The van der Waals surface area contributed by atoms with Gasteiger partial charge in [0.1, 0.15) is 11.6 Å². The van der Waals surface area contributed by atoms with Crippen LogP contribution in [0.25, 0.3) is 17.2 Å². The molecule has 36 heavy (non-hydrogen) atoms. The van der Waals surface area contributed by atoms with Crippen LogP contribution in [0.3, 0.4) is 0 Å². The van der Waals surface area contributed by atoms with Crippen LogP contribution in [0, 0.1) is 6.92 Å². The molecule has 5 rings (SSSR count). The van der Waals surface area contributed by atoms with Crippen molar-refractivity contribution in [2.75, 3.05) is 26.6 Å². The zero-order chi connectivity index (χ0) is 25.4. The first-order valence-electron chi connectivity index (χ1n) is 11.1. The predicted octanol–water partition coefficient (Wildman–Crippen LogP) is 3.24. The number of fused-ring (bicyclic) bond motifs is 1. The third-order valence-corrected chi connectivity index (χ3v) is 6.13. The molecule has 1 amide bonds. The molecule has 11 nitrogen and oxygen atoms in total. The van der Waals surface area contributed by atoms with Gasteiger partial charge >= 0.3 is 0 Å². The molecule has 184 valence electrons. The van der Waals surface area contributed by atoms with E-state index in [2.05, 4.69) is 25.6 Å². The molecule has 2 aromatic heterocycles. The van der Waals surface area contributed by atoms with E-state index in [1.165, 1.54) is 18.9 Å². The van der Waals surface area contributed by atoms with Gasteiger partial charge in [-0.05, 0) is 48.9 Å². The summed E-state index contributed by atoms with van der Waals surface area (Å²) in [6.07, 6.45) is 1.74. The number of benzene rings is 2. The molecule has 11 heteroatoms. The summed E-state index contributed by atoms with van der Waals surface area (Å²) in [7, 11) is 4.52. The lowest BCUT2D eigenvalue weighted by Gasteiger charge is -2.25. The van der Waals surface area contributed by atoms with Crippen LogP contribution in [0.1, 0.15) is 29.2 Å². The smallest absolute Gasteiger partial charge is 0.272 e. The van der Waals surface area contributed by atoms with E-state index in [1.54, 1.807) is 25.4 Å². The number of aryl methyl sites for hydroxylation is 1. The Morgan fingerprint density at radius 1 is 1.06 bits per heavy atom. The van der Waals surface area contributed by atoms with Crippen molar-refractivity contribution < 1.29 is 24.1 Å². The number of rotatable bonds is 6.